The Bertz CT molecular complexity index is 506. The van der Waals surface area contributed by atoms with Gasteiger partial charge >= 0.3 is 0 Å². The molecule has 0 amide bonds. The highest BCUT2D eigenvalue weighted by Crippen LogP contribution is 2.17. The van der Waals surface area contributed by atoms with Crippen LogP contribution in [0.3, 0.4) is 0 Å². The van der Waals surface area contributed by atoms with Gasteiger partial charge in [-0.25, -0.2) is 0 Å². The summed E-state index contributed by atoms with van der Waals surface area (Å²) < 4.78 is 16.0. The van der Waals surface area contributed by atoms with Crippen molar-refractivity contribution in [2.45, 2.75) is 13.2 Å². The minimum absolute atomic E-state index is 0.542. The molecule has 3 nitrogen and oxygen atoms in total. The van der Waals surface area contributed by atoms with E-state index in [1.54, 1.807) is 14.2 Å². The first kappa shape index (κ1) is 13.4. The van der Waals surface area contributed by atoms with E-state index in [0.717, 1.165) is 22.6 Å². The summed E-state index contributed by atoms with van der Waals surface area (Å²) in [5.41, 5.74) is 2.22. The van der Waals surface area contributed by atoms with E-state index in [4.69, 9.17) is 14.2 Å². The molecule has 0 spiro atoms. The average Bonchev–Trinajstić information content (AvgIpc) is 2.46. The highest BCUT2D eigenvalue weighted by molar-refractivity contribution is 5.30. The number of rotatable bonds is 6. The maximum absolute atomic E-state index is 5.76. The second-order valence-corrected chi connectivity index (χ2v) is 4.22. The van der Waals surface area contributed by atoms with Crippen LogP contribution in [0.2, 0.25) is 0 Å². The second-order valence-electron chi connectivity index (χ2n) is 4.22. The third kappa shape index (κ3) is 4.00. The van der Waals surface area contributed by atoms with Gasteiger partial charge in [0.15, 0.2) is 0 Å². The topological polar surface area (TPSA) is 27.7 Å². The van der Waals surface area contributed by atoms with Gasteiger partial charge in [0.2, 0.25) is 0 Å². The molecule has 2 aromatic rings. The van der Waals surface area contributed by atoms with Crippen molar-refractivity contribution in [1.82, 2.24) is 0 Å². The quantitative estimate of drug-likeness (QED) is 0.794. The number of hydrogen-bond acceptors (Lipinski definition) is 3. The molecule has 0 saturated carbocycles. The van der Waals surface area contributed by atoms with Crippen molar-refractivity contribution >= 4 is 0 Å². The summed E-state index contributed by atoms with van der Waals surface area (Å²) in [4.78, 5) is 0. The lowest BCUT2D eigenvalue weighted by atomic mass is 10.2. The molecule has 0 fully saturated rings. The van der Waals surface area contributed by atoms with Crippen molar-refractivity contribution in [2.24, 2.45) is 0 Å². The number of benzene rings is 2. The van der Waals surface area contributed by atoms with E-state index in [1.165, 1.54) is 0 Å². The zero-order chi connectivity index (χ0) is 13.5. The summed E-state index contributed by atoms with van der Waals surface area (Å²) in [5.74, 6) is 1.70. The van der Waals surface area contributed by atoms with E-state index in [2.05, 4.69) is 0 Å². The first-order chi connectivity index (χ1) is 9.31. The first-order valence-corrected chi connectivity index (χ1v) is 6.15. The molecule has 19 heavy (non-hydrogen) atoms. The van der Waals surface area contributed by atoms with Crippen molar-refractivity contribution in [3.8, 4) is 11.5 Å². The predicted molar refractivity (Wildman–Crippen MR) is 74.5 cm³/mol. The van der Waals surface area contributed by atoms with Gasteiger partial charge in [-0.3, -0.25) is 0 Å². The van der Waals surface area contributed by atoms with Crippen LogP contribution in [0.25, 0.3) is 0 Å². The van der Waals surface area contributed by atoms with Crippen molar-refractivity contribution in [3.63, 3.8) is 0 Å². The van der Waals surface area contributed by atoms with Gasteiger partial charge < -0.3 is 14.2 Å². The first-order valence-electron chi connectivity index (χ1n) is 6.15. The summed E-state index contributed by atoms with van der Waals surface area (Å²) in [7, 11) is 3.34. The van der Waals surface area contributed by atoms with Crippen molar-refractivity contribution in [2.75, 3.05) is 14.2 Å². The van der Waals surface area contributed by atoms with Crippen molar-refractivity contribution in [3.05, 3.63) is 59.7 Å². The Morgan fingerprint density at radius 2 is 1.58 bits per heavy atom. The fourth-order valence-corrected chi connectivity index (χ4v) is 1.78. The summed E-state index contributed by atoms with van der Waals surface area (Å²) in [6.07, 6.45) is 0. The van der Waals surface area contributed by atoms with Crippen LogP contribution in [0.5, 0.6) is 11.5 Å². The van der Waals surface area contributed by atoms with Gasteiger partial charge in [0, 0.05) is 7.11 Å². The molecule has 0 radical (unpaired) electrons. The Labute approximate surface area is 113 Å². The van der Waals surface area contributed by atoms with Gasteiger partial charge in [0.1, 0.15) is 18.1 Å². The van der Waals surface area contributed by atoms with E-state index in [-0.39, 0.29) is 0 Å². The number of hydrogen-bond donors (Lipinski definition) is 0. The van der Waals surface area contributed by atoms with Crippen LogP contribution < -0.4 is 9.47 Å². The third-order valence-electron chi connectivity index (χ3n) is 2.77. The van der Waals surface area contributed by atoms with Gasteiger partial charge in [-0.2, -0.15) is 0 Å². The second kappa shape index (κ2) is 6.81. The Kier molecular flexibility index (Phi) is 4.81. The zero-order valence-electron chi connectivity index (χ0n) is 11.3. The normalized spacial score (nSPS) is 10.2. The van der Waals surface area contributed by atoms with E-state index >= 15 is 0 Å². The third-order valence-corrected chi connectivity index (χ3v) is 2.77. The highest BCUT2D eigenvalue weighted by Gasteiger charge is 1.99. The highest BCUT2D eigenvalue weighted by atomic mass is 16.5. The molecule has 0 aliphatic rings. The molecule has 2 rings (SSSR count). The van der Waals surface area contributed by atoms with Gasteiger partial charge in [-0.05, 0) is 35.4 Å². The molecule has 0 atom stereocenters. The molecule has 2 aromatic carbocycles. The lowest BCUT2D eigenvalue weighted by molar-refractivity contribution is 0.184. The zero-order valence-corrected chi connectivity index (χ0v) is 11.3. The fourth-order valence-electron chi connectivity index (χ4n) is 1.78. The fraction of sp³-hybridized carbons (Fsp3) is 0.250. The van der Waals surface area contributed by atoms with E-state index in [9.17, 15) is 0 Å². The van der Waals surface area contributed by atoms with Crippen LogP contribution in [0.4, 0.5) is 0 Å². The molecular formula is C16H18O3. The molecule has 0 aliphatic carbocycles. The summed E-state index contributed by atoms with van der Waals surface area (Å²) in [5, 5.41) is 0. The largest absolute Gasteiger partial charge is 0.497 e. The van der Waals surface area contributed by atoms with E-state index in [0.29, 0.717) is 13.2 Å². The molecule has 0 bridgehead atoms. The van der Waals surface area contributed by atoms with Gasteiger partial charge in [-0.1, -0.05) is 24.3 Å². The standard InChI is InChI=1S/C16H18O3/c1-17-11-14-4-3-5-16(10-14)19-12-13-6-8-15(18-2)9-7-13/h3-10H,11-12H2,1-2H3. The van der Waals surface area contributed by atoms with Crippen molar-refractivity contribution in [1.29, 1.82) is 0 Å². The molecular weight excluding hydrogens is 240 g/mol. The lowest BCUT2D eigenvalue weighted by Crippen LogP contribution is -1.96. The Morgan fingerprint density at radius 1 is 0.789 bits per heavy atom. The van der Waals surface area contributed by atoms with Crippen molar-refractivity contribution < 1.29 is 14.2 Å². The molecule has 3 heteroatoms. The van der Waals surface area contributed by atoms with E-state index in [1.807, 2.05) is 48.5 Å². The van der Waals surface area contributed by atoms with Crippen LogP contribution in [-0.4, -0.2) is 14.2 Å². The van der Waals surface area contributed by atoms with Crippen LogP contribution in [0.15, 0.2) is 48.5 Å². The molecule has 0 saturated heterocycles. The monoisotopic (exact) mass is 258 g/mol. The van der Waals surface area contributed by atoms with Crippen LogP contribution in [-0.2, 0) is 18.0 Å². The minimum atomic E-state index is 0.542. The van der Waals surface area contributed by atoms with E-state index < -0.39 is 0 Å². The molecule has 0 N–H and O–H groups in total. The van der Waals surface area contributed by atoms with Crippen LogP contribution in [0, 0.1) is 0 Å². The molecule has 0 unspecified atom stereocenters. The summed E-state index contributed by atoms with van der Waals surface area (Å²) >= 11 is 0. The van der Waals surface area contributed by atoms with Crippen LogP contribution in [0.1, 0.15) is 11.1 Å². The summed E-state index contributed by atoms with van der Waals surface area (Å²) in [6, 6.07) is 15.8. The average molecular weight is 258 g/mol. The number of methoxy groups -OCH3 is 2. The van der Waals surface area contributed by atoms with Gasteiger partial charge in [-0.15, -0.1) is 0 Å². The SMILES string of the molecule is COCc1cccc(OCc2ccc(OC)cc2)c1. The summed E-state index contributed by atoms with van der Waals surface area (Å²) in [6.45, 7) is 1.14. The predicted octanol–water partition coefficient (Wildman–Crippen LogP) is 3.42. The maximum atomic E-state index is 5.76. The van der Waals surface area contributed by atoms with Gasteiger partial charge in [0.05, 0.1) is 13.7 Å². The molecule has 0 heterocycles. The Morgan fingerprint density at radius 3 is 2.26 bits per heavy atom. The maximum Gasteiger partial charge on any atom is 0.120 e. The smallest absolute Gasteiger partial charge is 0.120 e. The minimum Gasteiger partial charge on any atom is -0.497 e. The number of ether oxygens (including phenoxy) is 3. The molecule has 100 valence electrons. The Hall–Kier alpha value is -2.00. The lowest BCUT2D eigenvalue weighted by Gasteiger charge is -2.08. The molecule has 0 aliphatic heterocycles. The Balaban J connectivity index is 1.95. The molecule has 0 aromatic heterocycles. The van der Waals surface area contributed by atoms with Crippen LogP contribution >= 0.6 is 0 Å². The van der Waals surface area contributed by atoms with Gasteiger partial charge in [0.25, 0.3) is 0 Å².